The zero-order chi connectivity index (χ0) is 15.0. The maximum atomic E-state index is 12.6. The van der Waals surface area contributed by atoms with Gasteiger partial charge in [0.1, 0.15) is 0 Å². The lowest BCUT2D eigenvalue weighted by molar-refractivity contribution is 0.103. The lowest BCUT2D eigenvalue weighted by Gasteiger charge is -2.06. The van der Waals surface area contributed by atoms with Crippen molar-refractivity contribution in [2.45, 2.75) is 20.4 Å². The predicted octanol–water partition coefficient (Wildman–Crippen LogP) is 3.64. The van der Waals surface area contributed by atoms with E-state index >= 15 is 0 Å². The summed E-state index contributed by atoms with van der Waals surface area (Å²) in [7, 11) is 0. The van der Waals surface area contributed by atoms with Crippen LogP contribution in [0.2, 0.25) is 5.02 Å². The summed E-state index contributed by atoms with van der Waals surface area (Å²) < 4.78 is 1.75. The van der Waals surface area contributed by atoms with Crippen LogP contribution < -0.4 is 0 Å². The minimum Gasteiger partial charge on any atom is -0.288 e. The van der Waals surface area contributed by atoms with Crippen molar-refractivity contribution in [1.82, 2.24) is 14.8 Å². The third-order valence-corrected chi connectivity index (χ3v) is 3.83. The molecule has 0 radical (unpaired) electrons. The molecule has 0 unspecified atom stereocenters. The van der Waals surface area contributed by atoms with E-state index in [1.807, 2.05) is 32.0 Å². The number of pyridine rings is 1. The number of hydrogen-bond acceptors (Lipinski definition) is 3. The van der Waals surface area contributed by atoms with Crippen molar-refractivity contribution >= 4 is 28.4 Å². The highest BCUT2D eigenvalue weighted by Crippen LogP contribution is 2.27. The van der Waals surface area contributed by atoms with Crippen LogP contribution in [0.4, 0.5) is 0 Å². The van der Waals surface area contributed by atoms with Crippen molar-refractivity contribution in [1.29, 1.82) is 0 Å². The van der Waals surface area contributed by atoms with Crippen LogP contribution in [-0.2, 0) is 6.54 Å². The third kappa shape index (κ3) is 2.32. The first kappa shape index (κ1) is 13.8. The number of halogens is 1. The van der Waals surface area contributed by atoms with Crippen LogP contribution in [0, 0.1) is 6.92 Å². The van der Waals surface area contributed by atoms with Gasteiger partial charge in [0.25, 0.3) is 0 Å². The van der Waals surface area contributed by atoms with E-state index in [2.05, 4.69) is 10.1 Å². The number of benzene rings is 1. The number of nitrogens with zero attached hydrogens (tertiary/aromatic N) is 3. The van der Waals surface area contributed by atoms with Crippen molar-refractivity contribution in [2.24, 2.45) is 0 Å². The fourth-order valence-electron chi connectivity index (χ4n) is 2.33. The highest BCUT2D eigenvalue weighted by molar-refractivity contribution is 6.39. The summed E-state index contributed by atoms with van der Waals surface area (Å²) in [6, 6.07) is 7.44. The summed E-state index contributed by atoms with van der Waals surface area (Å²) in [6.45, 7) is 4.64. The zero-order valence-corrected chi connectivity index (χ0v) is 12.6. The third-order valence-electron chi connectivity index (χ3n) is 3.42. The van der Waals surface area contributed by atoms with Gasteiger partial charge in [0.2, 0.25) is 0 Å². The van der Waals surface area contributed by atoms with Crippen LogP contribution in [0.1, 0.15) is 28.4 Å². The number of ketones is 1. The van der Waals surface area contributed by atoms with Crippen LogP contribution in [-0.4, -0.2) is 20.5 Å². The highest BCUT2D eigenvalue weighted by Gasteiger charge is 2.17. The Morgan fingerprint density at radius 1 is 1.33 bits per heavy atom. The number of aryl methyl sites for hydroxylation is 2. The minimum absolute atomic E-state index is 0.123. The fraction of sp³-hybridized carbons (Fsp3) is 0.188. The average molecular weight is 300 g/mol. The van der Waals surface area contributed by atoms with E-state index in [0.29, 0.717) is 33.7 Å². The molecule has 0 saturated heterocycles. The summed E-state index contributed by atoms with van der Waals surface area (Å²) in [5.74, 6) is -0.123. The van der Waals surface area contributed by atoms with Crippen molar-refractivity contribution < 1.29 is 4.79 Å². The molecule has 0 aliphatic carbocycles. The van der Waals surface area contributed by atoms with Gasteiger partial charge in [-0.1, -0.05) is 35.4 Å². The monoisotopic (exact) mass is 299 g/mol. The van der Waals surface area contributed by atoms with E-state index in [-0.39, 0.29) is 5.78 Å². The average Bonchev–Trinajstić information content (AvgIpc) is 2.91. The molecule has 0 saturated carbocycles. The molecule has 0 fully saturated rings. The highest BCUT2D eigenvalue weighted by atomic mass is 35.5. The number of carbonyl (C=O) groups excluding carboxylic acids is 1. The quantitative estimate of drug-likeness (QED) is 0.694. The van der Waals surface area contributed by atoms with Gasteiger partial charge < -0.3 is 0 Å². The van der Waals surface area contributed by atoms with Crippen LogP contribution >= 0.6 is 11.6 Å². The van der Waals surface area contributed by atoms with E-state index < -0.39 is 0 Å². The maximum absolute atomic E-state index is 12.6. The van der Waals surface area contributed by atoms with Crippen LogP contribution in [0.3, 0.4) is 0 Å². The SMILES string of the molecule is CCn1ncc2c(Cl)c(C(=O)c3cccc(C)c3)cnc21. The van der Waals surface area contributed by atoms with E-state index in [9.17, 15) is 4.79 Å². The van der Waals surface area contributed by atoms with Gasteiger partial charge in [0.15, 0.2) is 11.4 Å². The topological polar surface area (TPSA) is 47.8 Å². The van der Waals surface area contributed by atoms with E-state index in [0.717, 1.165) is 5.56 Å². The Hall–Kier alpha value is -2.20. The molecule has 0 aliphatic heterocycles. The molecule has 2 heterocycles. The molecule has 0 N–H and O–H groups in total. The smallest absolute Gasteiger partial charge is 0.196 e. The first-order valence-corrected chi connectivity index (χ1v) is 7.11. The number of fused-ring (bicyclic) bond motifs is 1. The Labute approximate surface area is 127 Å². The molecule has 2 aromatic heterocycles. The summed E-state index contributed by atoms with van der Waals surface area (Å²) in [4.78, 5) is 16.9. The van der Waals surface area contributed by atoms with Gasteiger partial charge in [-0.25, -0.2) is 9.67 Å². The second kappa shape index (κ2) is 5.30. The Kier molecular flexibility index (Phi) is 3.47. The Morgan fingerprint density at radius 3 is 2.86 bits per heavy atom. The predicted molar refractivity (Wildman–Crippen MR) is 82.8 cm³/mol. The lowest BCUT2D eigenvalue weighted by atomic mass is 10.0. The second-order valence-corrected chi connectivity index (χ2v) is 5.26. The standard InChI is InChI=1S/C16H14ClN3O/c1-3-20-16-13(9-19-20)14(17)12(8-18-16)15(21)11-6-4-5-10(2)7-11/h4-9H,3H2,1-2H3. The molecule has 0 amide bonds. The molecule has 0 bridgehead atoms. The summed E-state index contributed by atoms with van der Waals surface area (Å²) in [6.07, 6.45) is 3.18. The molecular formula is C16H14ClN3O. The summed E-state index contributed by atoms with van der Waals surface area (Å²) >= 11 is 6.38. The molecule has 0 atom stereocenters. The van der Waals surface area contributed by atoms with Gasteiger partial charge in [-0.3, -0.25) is 4.79 Å². The van der Waals surface area contributed by atoms with Gasteiger partial charge >= 0.3 is 0 Å². The number of hydrogen-bond donors (Lipinski definition) is 0. The Balaban J connectivity index is 2.12. The number of rotatable bonds is 3. The van der Waals surface area contributed by atoms with Gasteiger partial charge in [-0.05, 0) is 19.9 Å². The molecule has 106 valence electrons. The molecule has 3 rings (SSSR count). The van der Waals surface area contributed by atoms with Crippen LogP contribution in [0.25, 0.3) is 11.0 Å². The largest absolute Gasteiger partial charge is 0.288 e. The Morgan fingerprint density at radius 2 is 2.14 bits per heavy atom. The molecule has 0 spiro atoms. The van der Waals surface area contributed by atoms with Crippen molar-refractivity contribution in [3.63, 3.8) is 0 Å². The van der Waals surface area contributed by atoms with Crippen molar-refractivity contribution in [3.8, 4) is 0 Å². The van der Waals surface area contributed by atoms with E-state index in [1.54, 1.807) is 16.9 Å². The van der Waals surface area contributed by atoms with Crippen LogP contribution in [0.15, 0.2) is 36.7 Å². The fourth-order valence-corrected chi connectivity index (χ4v) is 2.60. The minimum atomic E-state index is -0.123. The second-order valence-electron chi connectivity index (χ2n) is 4.88. The molecule has 5 heteroatoms. The van der Waals surface area contributed by atoms with E-state index in [1.165, 1.54) is 6.20 Å². The molecule has 1 aromatic carbocycles. The van der Waals surface area contributed by atoms with Gasteiger partial charge in [0, 0.05) is 18.3 Å². The van der Waals surface area contributed by atoms with Crippen molar-refractivity contribution in [2.75, 3.05) is 0 Å². The Bertz CT molecular complexity index is 839. The van der Waals surface area contributed by atoms with Gasteiger partial charge in [-0.15, -0.1) is 0 Å². The van der Waals surface area contributed by atoms with Gasteiger partial charge in [0.05, 0.1) is 22.2 Å². The molecular weight excluding hydrogens is 286 g/mol. The maximum Gasteiger partial charge on any atom is 0.196 e. The number of carbonyl (C=O) groups is 1. The van der Waals surface area contributed by atoms with E-state index in [4.69, 9.17) is 11.6 Å². The normalized spacial score (nSPS) is 11.0. The number of aromatic nitrogens is 3. The lowest BCUT2D eigenvalue weighted by Crippen LogP contribution is -2.04. The molecule has 4 nitrogen and oxygen atoms in total. The van der Waals surface area contributed by atoms with Gasteiger partial charge in [-0.2, -0.15) is 5.10 Å². The molecule has 21 heavy (non-hydrogen) atoms. The first-order chi connectivity index (χ1) is 10.1. The summed E-state index contributed by atoms with van der Waals surface area (Å²) in [5.41, 5.74) is 2.75. The van der Waals surface area contributed by atoms with Crippen LogP contribution in [0.5, 0.6) is 0 Å². The summed E-state index contributed by atoms with van der Waals surface area (Å²) in [5, 5.41) is 5.33. The van der Waals surface area contributed by atoms with Crippen molar-refractivity contribution in [3.05, 3.63) is 58.4 Å². The molecule has 3 aromatic rings. The molecule has 0 aliphatic rings. The zero-order valence-electron chi connectivity index (χ0n) is 11.8. The first-order valence-electron chi connectivity index (χ1n) is 6.73.